The van der Waals surface area contributed by atoms with Gasteiger partial charge in [-0.15, -0.1) is 16.9 Å². The van der Waals surface area contributed by atoms with E-state index in [1.54, 1.807) is 18.0 Å². The highest BCUT2D eigenvalue weighted by Gasteiger charge is 2.31. The number of carbonyl (C=O) groups is 1. The lowest BCUT2D eigenvalue weighted by Crippen LogP contribution is -2.50. The van der Waals surface area contributed by atoms with Crippen LogP contribution in [0, 0.1) is 0 Å². The summed E-state index contributed by atoms with van der Waals surface area (Å²) < 4.78 is 1.82. The van der Waals surface area contributed by atoms with E-state index < -0.39 is 0 Å². The number of amides is 1. The number of hydrogen-bond donors (Lipinski definition) is 0. The molecule has 1 aromatic carbocycles. The summed E-state index contributed by atoms with van der Waals surface area (Å²) in [5.41, 5.74) is 1.22. The molecular weight excluding hydrogens is 284 g/mol. The summed E-state index contributed by atoms with van der Waals surface area (Å²) in [7, 11) is 0. The van der Waals surface area contributed by atoms with Gasteiger partial charge in [-0.3, -0.25) is 4.79 Å². The second-order valence-electron chi connectivity index (χ2n) is 5.18. The van der Waals surface area contributed by atoms with Crippen molar-refractivity contribution in [2.24, 2.45) is 0 Å². The molecule has 1 saturated heterocycles. The molecule has 0 bridgehead atoms. The number of carbonyl (C=O) groups excluding carboxylic acids is 1. The van der Waals surface area contributed by atoms with Crippen LogP contribution >= 0.6 is 11.8 Å². The van der Waals surface area contributed by atoms with Crippen LogP contribution < -0.4 is 0 Å². The van der Waals surface area contributed by atoms with Crippen LogP contribution in [0.15, 0.2) is 41.6 Å². The summed E-state index contributed by atoms with van der Waals surface area (Å²) in [4.78, 5) is 15.3. The summed E-state index contributed by atoms with van der Waals surface area (Å²) in [6, 6.07) is 8.71. The molecule has 1 aliphatic heterocycles. The summed E-state index contributed by atoms with van der Waals surface area (Å²) in [6.45, 7) is 1.49. The molecule has 0 spiro atoms. The van der Waals surface area contributed by atoms with Crippen molar-refractivity contribution in [3.05, 3.63) is 42.2 Å². The number of rotatable bonds is 5. The summed E-state index contributed by atoms with van der Waals surface area (Å²) >= 11 is 1.73. The molecule has 3 rings (SSSR count). The Morgan fingerprint density at radius 3 is 2.71 bits per heavy atom. The Labute approximate surface area is 128 Å². The number of thioether (sulfide) groups is 1. The molecule has 2 aromatic rings. The fourth-order valence-electron chi connectivity index (χ4n) is 2.44. The monoisotopic (exact) mass is 302 g/mol. The lowest BCUT2D eigenvalue weighted by atomic mass is 10.1. The number of hydrogen-bond acceptors (Lipinski definition) is 4. The van der Waals surface area contributed by atoms with E-state index in [0.29, 0.717) is 6.42 Å². The third-order valence-corrected chi connectivity index (χ3v) is 4.56. The number of aromatic nitrogens is 3. The summed E-state index contributed by atoms with van der Waals surface area (Å²) in [5, 5.41) is 7.76. The maximum atomic E-state index is 12.1. The molecule has 0 unspecified atom stereocenters. The lowest BCUT2D eigenvalue weighted by molar-refractivity contribution is -0.137. The normalized spacial score (nSPS) is 15.0. The van der Waals surface area contributed by atoms with Crippen LogP contribution in [0.25, 0.3) is 0 Å². The standard InChI is InChI=1S/C15H18N4OS/c1-21-14-5-2-12(3-6-14)4-7-15(20)18-10-13(11-18)19-9-8-16-17-19/h2-3,5-6,8-9,13H,4,7,10-11H2,1H3. The van der Waals surface area contributed by atoms with Gasteiger partial charge in [-0.25, -0.2) is 4.68 Å². The molecule has 110 valence electrons. The van der Waals surface area contributed by atoms with Crippen molar-refractivity contribution in [3.63, 3.8) is 0 Å². The van der Waals surface area contributed by atoms with Gasteiger partial charge in [0, 0.05) is 30.6 Å². The molecule has 21 heavy (non-hydrogen) atoms. The quantitative estimate of drug-likeness (QED) is 0.793. The van der Waals surface area contributed by atoms with Crippen LogP contribution in [-0.4, -0.2) is 45.1 Å². The van der Waals surface area contributed by atoms with Gasteiger partial charge >= 0.3 is 0 Å². The van der Waals surface area contributed by atoms with E-state index in [1.165, 1.54) is 10.5 Å². The minimum atomic E-state index is 0.223. The van der Waals surface area contributed by atoms with Crippen molar-refractivity contribution in [1.29, 1.82) is 0 Å². The number of benzene rings is 1. The molecule has 6 heteroatoms. The Kier molecular flexibility index (Phi) is 4.24. The molecule has 0 radical (unpaired) electrons. The highest BCUT2D eigenvalue weighted by Crippen LogP contribution is 2.21. The van der Waals surface area contributed by atoms with Gasteiger partial charge in [0.15, 0.2) is 0 Å². The largest absolute Gasteiger partial charge is 0.338 e. The van der Waals surface area contributed by atoms with Crippen LogP contribution in [0.4, 0.5) is 0 Å². The van der Waals surface area contributed by atoms with Gasteiger partial charge in [-0.1, -0.05) is 17.3 Å². The average molecular weight is 302 g/mol. The van der Waals surface area contributed by atoms with E-state index >= 15 is 0 Å². The number of aryl methyl sites for hydroxylation is 1. The molecule has 1 aliphatic rings. The zero-order chi connectivity index (χ0) is 14.7. The highest BCUT2D eigenvalue weighted by molar-refractivity contribution is 7.98. The molecule has 1 aromatic heterocycles. The Bertz CT molecular complexity index is 591. The van der Waals surface area contributed by atoms with Crippen molar-refractivity contribution in [3.8, 4) is 0 Å². The van der Waals surface area contributed by atoms with E-state index in [9.17, 15) is 4.79 Å². The van der Waals surface area contributed by atoms with E-state index in [2.05, 4.69) is 40.8 Å². The molecular formula is C15H18N4OS. The lowest BCUT2D eigenvalue weighted by Gasteiger charge is -2.38. The summed E-state index contributed by atoms with van der Waals surface area (Å²) in [5.74, 6) is 0.223. The predicted molar refractivity (Wildman–Crippen MR) is 82.2 cm³/mol. The number of nitrogens with zero attached hydrogens (tertiary/aromatic N) is 4. The Morgan fingerprint density at radius 1 is 1.33 bits per heavy atom. The molecule has 0 atom stereocenters. The van der Waals surface area contributed by atoms with Gasteiger partial charge in [-0.2, -0.15) is 0 Å². The molecule has 0 aliphatic carbocycles. The maximum Gasteiger partial charge on any atom is 0.223 e. The first-order chi connectivity index (χ1) is 10.3. The van der Waals surface area contributed by atoms with Crippen LogP contribution in [0.2, 0.25) is 0 Å². The van der Waals surface area contributed by atoms with Crippen molar-refractivity contribution < 1.29 is 4.79 Å². The minimum Gasteiger partial charge on any atom is -0.338 e. The molecule has 5 nitrogen and oxygen atoms in total. The van der Waals surface area contributed by atoms with Crippen LogP contribution in [0.1, 0.15) is 18.0 Å². The van der Waals surface area contributed by atoms with Gasteiger partial charge in [-0.05, 0) is 30.4 Å². The van der Waals surface area contributed by atoms with E-state index in [0.717, 1.165) is 19.5 Å². The Morgan fingerprint density at radius 2 is 2.10 bits per heavy atom. The summed E-state index contributed by atoms with van der Waals surface area (Å²) in [6.07, 6.45) is 6.96. The van der Waals surface area contributed by atoms with Crippen molar-refractivity contribution in [1.82, 2.24) is 19.9 Å². The van der Waals surface area contributed by atoms with Crippen LogP contribution in [0.5, 0.6) is 0 Å². The Balaban J connectivity index is 1.45. The highest BCUT2D eigenvalue weighted by atomic mass is 32.2. The van der Waals surface area contributed by atoms with E-state index in [1.807, 2.05) is 15.8 Å². The number of likely N-dealkylation sites (tertiary alicyclic amines) is 1. The molecule has 0 N–H and O–H groups in total. The van der Waals surface area contributed by atoms with Gasteiger partial charge in [0.25, 0.3) is 0 Å². The van der Waals surface area contributed by atoms with Gasteiger partial charge in [0.2, 0.25) is 5.91 Å². The molecule has 2 heterocycles. The van der Waals surface area contributed by atoms with Crippen molar-refractivity contribution in [2.45, 2.75) is 23.8 Å². The van der Waals surface area contributed by atoms with Gasteiger partial charge in [0.05, 0.1) is 12.2 Å². The van der Waals surface area contributed by atoms with Crippen LogP contribution in [-0.2, 0) is 11.2 Å². The van der Waals surface area contributed by atoms with Gasteiger partial charge in [0.1, 0.15) is 0 Å². The zero-order valence-electron chi connectivity index (χ0n) is 12.0. The fraction of sp³-hybridized carbons (Fsp3) is 0.400. The maximum absolute atomic E-state index is 12.1. The van der Waals surface area contributed by atoms with Crippen molar-refractivity contribution >= 4 is 17.7 Å². The molecule has 1 fully saturated rings. The predicted octanol–water partition coefficient (Wildman–Crippen LogP) is 2.02. The first-order valence-electron chi connectivity index (χ1n) is 7.03. The SMILES string of the molecule is CSc1ccc(CCC(=O)N2CC(n3ccnn3)C2)cc1. The van der Waals surface area contributed by atoms with E-state index in [-0.39, 0.29) is 11.9 Å². The Hall–Kier alpha value is -1.82. The third-order valence-electron chi connectivity index (χ3n) is 3.82. The fourth-order valence-corrected chi connectivity index (χ4v) is 2.85. The van der Waals surface area contributed by atoms with Gasteiger partial charge < -0.3 is 4.90 Å². The third kappa shape index (κ3) is 3.26. The van der Waals surface area contributed by atoms with E-state index in [4.69, 9.17) is 0 Å². The smallest absolute Gasteiger partial charge is 0.223 e. The first-order valence-corrected chi connectivity index (χ1v) is 8.25. The van der Waals surface area contributed by atoms with Crippen molar-refractivity contribution in [2.75, 3.05) is 19.3 Å². The van der Waals surface area contributed by atoms with Crippen LogP contribution in [0.3, 0.4) is 0 Å². The minimum absolute atomic E-state index is 0.223. The zero-order valence-corrected chi connectivity index (χ0v) is 12.8. The second kappa shape index (κ2) is 6.30. The average Bonchev–Trinajstić information content (AvgIpc) is 2.98. The topological polar surface area (TPSA) is 51.0 Å². The first kappa shape index (κ1) is 14.1. The molecule has 0 saturated carbocycles. The molecule has 1 amide bonds. The second-order valence-corrected chi connectivity index (χ2v) is 6.06.